The molecule has 0 saturated carbocycles. The highest BCUT2D eigenvalue weighted by molar-refractivity contribution is 7.80. The number of aliphatic imine (C=N–C) groups is 1. The van der Waals surface area contributed by atoms with Gasteiger partial charge in [0.25, 0.3) is 0 Å². The number of rotatable bonds is 7. The molecule has 0 aliphatic carbocycles. The number of hydrogen-bond acceptors (Lipinski definition) is 6. The van der Waals surface area contributed by atoms with E-state index in [0.717, 1.165) is 43.0 Å². The first-order valence-corrected chi connectivity index (χ1v) is 10.9. The highest BCUT2D eigenvalue weighted by atomic mass is 32.1. The van der Waals surface area contributed by atoms with Gasteiger partial charge in [0.2, 0.25) is 11.9 Å². The number of nitrogens with one attached hydrogen (secondary N) is 3. The first-order valence-electron chi connectivity index (χ1n) is 10.4. The highest BCUT2D eigenvalue weighted by Gasteiger charge is 2.15. The number of nitrogens with zero attached hydrogens (tertiary/aromatic N) is 3. The number of anilines is 1. The fourth-order valence-electron chi connectivity index (χ4n) is 3.25. The molecule has 0 bridgehead atoms. The molecule has 0 radical (unpaired) electrons. The Labute approximate surface area is 188 Å². The van der Waals surface area contributed by atoms with Crippen LogP contribution in [-0.4, -0.2) is 54.0 Å². The smallest absolute Gasteiger partial charge is 0.229 e. The molecule has 2 heterocycles. The van der Waals surface area contributed by atoms with Crippen LogP contribution in [0.5, 0.6) is 5.75 Å². The molecule has 31 heavy (non-hydrogen) atoms. The van der Waals surface area contributed by atoms with Crippen molar-refractivity contribution in [3.8, 4) is 5.75 Å². The minimum atomic E-state index is 0.200. The minimum absolute atomic E-state index is 0.200. The SMILES string of the molecule is COc1ccc(CCN=C(NC(=S)NCC2CCCO2)Nc2nc(C)cc(C)n2)cc1. The van der Waals surface area contributed by atoms with E-state index in [4.69, 9.17) is 21.7 Å². The third-order valence-corrected chi connectivity index (χ3v) is 5.03. The number of aryl methyl sites for hydroxylation is 2. The number of guanidine groups is 1. The first-order chi connectivity index (χ1) is 15.0. The Balaban J connectivity index is 1.62. The molecule has 3 rings (SSSR count). The Bertz CT molecular complexity index is 877. The van der Waals surface area contributed by atoms with Crippen molar-refractivity contribution in [3.63, 3.8) is 0 Å². The van der Waals surface area contributed by atoms with Gasteiger partial charge in [0, 0.05) is 31.1 Å². The molecule has 1 atom stereocenters. The lowest BCUT2D eigenvalue weighted by molar-refractivity contribution is 0.114. The molecule has 2 aromatic rings. The Morgan fingerprint density at radius 1 is 1.23 bits per heavy atom. The van der Waals surface area contributed by atoms with Crippen LogP contribution >= 0.6 is 12.2 Å². The van der Waals surface area contributed by atoms with E-state index in [-0.39, 0.29) is 6.10 Å². The summed E-state index contributed by atoms with van der Waals surface area (Å²) >= 11 is 5.45. The van der Waals surface area contributed by atoms with Crippen LogP contribution in [0.3, 0.4) is 0 Å². The summed E-state index contributed by atoms with van der Waals surface area (Å²) in [6, 6.07) is 9.90. The van der Waals surface area contributed by atoms with Crippen molar-refractivity contribution in [2.24, 2.45) is 4.99 Å². The zero-order valence-corrected chi connectivity index (χ0v) is 19.1. The summed E-state index contributed by atoms with van der Waals surface area (Å²) in [5.74, 6) is 1.82. The lowest BCUT2D eigenvalue weighted by Crippen LogP contribution is -2.45. The van der Waals surface area contributed by atoms with Gasteiger partial charge < -0.3 is 20.1 Å². The van der Waals surface area contributed by atoms with E-state index in [2.05, 4.69) is 30.9 Å². The van der Waals surface area contributed by atoms with Gasteiger partial charge in [0.05, 0.1) is 13.2 Å². The Morgan fingerprint density at radius 2 is 1.97 bits per heavy atom. The topological polar surface area (TPSA) is 92.7 Å². The van der Waals surface area contributed by atoms with E-state index in [0.29, 0.717) is 30.1 Å². The standard InChI is InChI=1S/C22H30N6O2S/c1-15-13-16(2)26-21(25-15)27-20(28-22(31)24-14-19-5-4-12-30-19)23-11-10-17-6-8-18(29-3)9-7-17/h6-9,13,19H,4-5,10-12,14H2,1-3H3,(H3,23,24,25,26,27,28,31). The monoisotopic (exact) mass is 442 g/mol. The summed E-state index contributed by atoms with van der Waals surface area (Å²) in [5, 5.41) is 9.98. The predicted octanol–water partition coefficient (Wildman–Crippen LogP) is 2.76. The summed E-state index contributed by atoms with van der Waals surface area (Å²) < 4.78 is 10.8. The summed E-state index contributed by atoms with van der Waals surface area (Å²) in [5.41, 5.74) is 2.93. The van der Waals surface area contributed by atoms with Crippen molar-refractivity contribution in [3.05, 3.63) is 47.3 Å². The number of hydrogen-bond donors (Lipinski definition) is 3. The van der Waals surface area contributed by atoms with E-state index in [9.17, 15) is 0 Å². The number of ether oxygens (including phenoxy) is 2. The zero-order chi connectivity index (χ0) is 22.1. The van der Waals surface area contributed by atoms with Gasteiger partial charge in [-0.25, -0.2) is 9.97 Å². The maximum atomic E-state index is 5.64. The Kier molecular flexibility index (Phi) is 8.54. The number of methoxy groups -OCH3 is 1. The van der Waals surface area contributed by atoms with Gasteiger partial charge >= 0.3 is 0 Å². The molecular formula is C22H30N6O2S. The van der Waals surface area contributed by atoms with Gasteiger partial charge in [-0.3, -0.25) is 10.3 Å². The third-order valence-electron chi connectivity index (χ3n) is 4.79. The van der Waals surface area contributed by atoms with Crippen LogP contribution in [0.2, 0.25) is 0 Å². The maximum absolute atomic E-state index is 5.64. The molecule has 1 fully saturated rings. The van der Waals surface area contributed by atoms with Crippen LogP contribution in [0.1, 0.15) is 29.8 Å². The molecule has 0 spiro atoms. The molecule has 8 nitrogen and oxygen atoms in total. The summed E-state index contributed by atoms with van der Waals surface area (Å²) in [7, 11) is 1.66. The Hall–Kier alpha value is -2.78. The largest absolute Gasteiger partial charge is 0.497 e. The van der Waals surface area contributed by atoms with Crippen LogP contribution in [0.4, 0.5) is 5.95 Å². The summed E-state index contributed by atoms with van der Waals surface area (Å²) in [6.07, 6.45) is 3.12. The minimum Gasteiger partial charge on any atom is -0.497 e. The molecule has 1 aliphatic heterocycles. The van der Waals surface area contributed by atoms with Crippen LogP contribution in [0.15, 0.2) is 35.3 Å². The van der Waals surface area contributed by atoms with E-state index in [1.807, 2.05) is 44.2 Å². The zero-order valence-electron chi connectivity index (χ0n) is 18.3. The van der Waals surface area contributed by atoms with Crippen molar-refractivity contribution in [2.75, 3.05) is 32.1 Å². The second kappa shape index (κ2) is 11.6. The van der Waals surface area contributed by atoms with Crippen LogP contribution in [0.25, 0.3) is 0 Å². The van der Waals surface area contributed by atoms with E-state index in [1.54, 1.807) is 7.11 Å². The second-order valence-corrected chi connectivity index (χ2v) is 7.81. The quantitative estimate of drug-likeness (QED) is 0.342. The lowest BCUT2D eigenvalue weighted by atomic mass is 10.1. The molecule has 3 N–H and O–H groups in total. The number of aromatic nitrogens is 2. The lowest BCUT2D eigenvalue weighted by Gasteiger charge is -2.16. The maximum Gasteiger partial charge on any atom is 0.229 e. The molecule has 9 heteroatoms. The van der Waals surface area contributed by atoms with Gasteiger partial charge in [0.15, 0.2) is 5.11 Å². The highest BCUT2D eigenvalue weighted by Crippen LogP contribution is 2.12. The Morgan fingerprint density at radius 3 is 2.61 bits per heavy atom. The van der Waals surface area contributed by atoms with Crippen molar-refractivity contribution in [2.45, 2.75) is 39.2 Å². The third kappa shape index (κ3) is 7.76. The second-order valence-electron chi connectivity index (χ2n) is 7.40. The molecule has 1 saturated heterocycles. The number of thiocarbonyl (C=S) groups is 1. The van der Waals surface area contributed by atoms with Crippen molar-refractivity contribution < 1.29 is 9.47 Å². The molecule has 1 aliphatic rings. The van der Waals surface area contributed by atoms with Crippen LogP contribution < -0.4 is 20.7 Å². The van der Waals surface area contributed by atoms with E-state index in [1.165, 1.54) is 5.56 Å². The van der Waals surface area contributed by atoms with Gasteiger partial charge in [-0.15, -0.1) is 0 Å². The van der Waals surface area contributed by atoms with Crippen molar-refractivity contribution in [1.29, 1.82) is 0 Å². The average Bonchev–Trinajstić information content (AvgIpc) is 3.26. The molecule has 1 unspecified atom stereocenters. The first kappa shape index (κ1) is 22.9. The van der Waals surface area contributed by atoms with Gasteiger partial charge in [-0.2, -0.15) is 0 Å². The molecular weight excluding hydrogens is 412 g/mol. The van der Waals surface area contributed by atoms with E-state index >= 15 is 0 Å². The normalized spacial score (nSPS) is 16.1. The molecule has 1 aromatic heterocycles. The predicted molar refractivity (Wildman–Crippen MR) is 127 cm³/mol. The summed E-state index contributed by atoms with van der Waals surface area (Å²) in [4.78, 5) is 13.5. The molecule has 166 valence electrons. The van der Waals surface area contributed by atoms with Gasteiger partial charge in [-0.1, -0.05) is 12.1 Å². The van der Waals surface area contributed by atoms with Crippen molar-refractivity contribution in [1.82, 2.24) is 20.6 Å². The average molecular weight is 443 g/mol. The van der Waals surface area contributed by atoms with Crippen LogP contribution in [-0.2, 0) is 11.2 Å². The van der Waals surface area contributed by atoms with E-state index < -0.39 is 0 Å². The van der Waals surface area contributed by atoms with Gasteiger partial charge in [-0.05, 0) is 69.1 Å². The molecule has 1 aromatic carbocycles. The van der Waals surface area contributed by atoms with Gasteiger partial charge in [0.1, 0.15) is 5.75 Å². The summed E-state index contributed by atoms with van der Waals surface area (Å²) in [6.45, 7) is 5.92. The van der Waals surface area contributed by atoms with Crippen LogP contribution in [0, 0.1) is 13.8 Å². The fourth-order valence-corrected chi connectivity index (χ4v) is 3.43. The fraction of sp³-hybridized carbons (Fsp3) is 0.455. The van der Waals surface area contributed by atoms with Crippen molar-refractivity contribution >= 4 is 29.2 Å². The number of benzene rings is 1. The molecule has 0 amide bonds.